The van der Waals surface area contributed by atoms with E-state index in [1.807, 2.05) is 13.8 Å². The molecule has 0 aromatic heterocycles. The zero-order chi connectivity index (χ0) is 14.2. The van der Waals surface area contributed by atoms with Crippen molar-refractivity contribution in [1.82, 2.24) is 5.32 Å². The van der Waals surface area contributed by atoms with Crippen molar-refractivity contribution in [2.24, 2.45) is 5.73 Å². The summed E-state index contributed by atoms with van der Waals surface area (Å²) in [6, 6.07) is 0. The van der Waals surface area contributed by atoms with Crippen molar-refractivity contribution in [3.63, 3.8) is 0 Å². The monoisotopic (exact) mass is 254 g/mol. The van der Waals surface area contributed by atoms with Gasteiger partial charge in [0, 0.05) is 0 Å². The summed E-state index contributed by atoms with van der Waals surface area (Å²) in [6.07, 6.45) is 5.38. The fraction of sp³-hybridized carbons (Fsp3) is 0.714. The summed E-state index contributed by atoms with van der Waals surface area (Å²) in [5.41, 5.74) is 5.94. The molecule has 0 spiro atoms. The van der Waals surface area contributed by atoms with Crippen LogP contribution in [-0.2, 0) is 9.59 Å². The van der Waals surface area contributed by atoms with E-state index in [9.17, 15) is 9.59 Å². The number of nitrogens with one attached hydrogen (secondary N) is 1. The van der Waals surface area contributed by atoms with E-state index >= 15 is 0 Å². The van der Waals surface area contributed by atoms with E-state index in [-0.39, 0.29) is 17.9 Å². The summed E-state index contributed by atoms with van der Waals surface area (Å²) in [6.45, 7) is 8.26. The molecule has 0 aromatic rings. The molecule has 0 heterocycles. The maximum atomic E-state index is 11.8. The van der Waals surface area contributed by atoms with Crippen molar-refractivity contribution in [3.05, 3.63) is 11.6 Å². The number of carbonyl (C=O) groups excluding carboxylic acids is 2. The minimum atomic E-state index is -0.592. The predicted molar refractivity (Wildman–Crippen MR) is 73.9 cm³/mol. The average molecular weight is 254 g/mol. The van der Waals surface area contributed by atoms with Crippen LogP contribution in [0.3, 0.4) is 0 Å². The molecule has 0 rings (SSSR count). The van der Waals surface area contributed by atoms with Crippen LogP contribution in [0.15, 0.2) is 11.6 Å². The van der Waals surface area contributed by atoms with Gasteiger partial charge in [0.25, 0.3) is 0 Å². The summed E-state index contributed by atoms with van der Waals surface area (Å²) < 4.78 is 0. The number of nitrogens with two attached hydrogens (primary N) is 1. The molecule has 0 unspecified atom stereocenters. The number of hydrogen-bond acceptors (Lipinski definition) is 2. The maximum Gasteiger partial charge on any atom is 0.230 e. The quantitative estimate of drug-likeness (QED) is 0.515. The Kier molecular flexibility index (Phi) is 7.32. The molecule has 0 aliphatic carbocycles. The van der Waals surface area contributed by atoms with Crippen molar-refractivity contribution in [1.29, 1.82) is 0 Å². The molecule has 4 heteroatoms. The maximum absolute atomic E-state index is 11.8. The number of allylic oxidation sites excluding steroid dienone is 1. The Balaban J connectivity index is 5.07. The first-order valence-electron chi connectivity index (χ1n) is 6.74. The van der Waals surface area contributed by atoms with Gasteiger partial charge >= 0.3 is 0 Å². The largest absolute Gasteiger partial charge is 0.369 e. The van der Waals surface area contributed by atoms with Crippen molar-refractivity contribution in [3.8, 4) is 0 Å². The molecule has 0 aromatic carbocycles. The van der Waals surface area contributed by atoms with Gasteiger partial charge in [0.1, 0.15) is 6.42 Å². The summed E-state index contributed by atoms with van der Waals surface area (Å²) in [5, 5.41) is 2.99. The van der Waals surface area contributed by atoms with Gasteiger partial charge in [0.05, 0.1) is 5.54 Å². The van der Waals surface area contributed by atoms with E-state index in [4.69, 9.17) is 5.73 Å². The zero-order valence-corrected chi connectivity index (χ0v) is 12.0. The molecular formula is C14H26N2O2. The van der Waals surface area contributed by atoms with Gasteiger partial charge in [0.2, 0.25) is 11.8 Å². The second-order valence-electron chi connectivity index (χ2n) is 4.47. The van der Waals surface area contributed by atoms with E-state index in [2.05, 4.69) is 25.2 Å². The first kappa shape index (κ1) is 16.7. The summed E-state index contributed by atoms with van der Waals surface area (Å²) in [7, 11) is 0. The highest BCUT2D eigenvalue weighted by atomic mass is 16.2. The van der Waals surface area contributed by atoms with Crippen molar-refractivity contribution < 1.29 is 9.59 Å². The van der Waals surface area contributed by atoms with Crippen molar-refractivity contribution in [2.75, 3.05) is 0 Å². The third kappa shape index (κ3) is 4.51. The summed E-state index contributed by atoms with van der Waals surface area (Å²) in [4.78, 5) is 22.6. The second-order valence-corrected chi connectivity index (χ2v) is 4.47. The molecule has 0 bridgehead atoms. The Hall–Kier alpha value is -1.32. The number of rotatable bonds is 8. The Labute approximate surface area is 110 Å². The third-order valence-electron chi connectivity index (χ3n) is 3.37. The molecular weight excluding hydrogens is 228 g/mol. The molecule has 0 aliphatic heterocycles. The molecule has 0 saturated heterocycles. The average Bonchev–Trinajstić information content (AvgIpc) is 2.32. The fourth-order valence-corrected chi connectivity index (χ4v) is 2.35. The highest BCUT2D eigenvalue weighted by Crippen LogP contribution is 2.28. The topological polar surface area (TPSA) is 72.2 Å². The van der Waals surface area contributed by atoms with Crippen LogP contribution in [0.5, 0.6) is 0 Å². The van der Waals surface area contributed by atoms with Gasteiger partial charge < -0.3 is 11.1 Å². The van der Waals surface area contributed by atoms with Gasteiger partial charge in [-0.15, -0.1) is 0 Å². The minimum absolute atomic E-state index is 0.245. The highest BCUT2D eigenvalue weighted by Gasteiger charge is 2.31. The Bertz CT molecular complexity index is 318. The van der Waals surface area contributed by atoms with Crippen LogP contribution in [0.2, 0.25) is 0 Å². The van der Waals surface area contributed by atoms with E-state index < -0.39 is 5.91 Å². The molecule has 104 valence electrons. The highest BCUT2D eigenvalue weighted by molar-refractivity contribution is 5.96. The molecule has 0 fully saturated rings. The Morgan fingerprint density at radius 1 is 1.17 bits per heavy atom. The molecule has 0 atom stereocenters. The smallest absolute Gasteiger partial charge is 0.230 e. The van der Waals surface area contributed by atoms with Crippen molar-refractivity contribution in [2.45, 2.75) is 65.3 Å². The lowest BCUT2D eigenvalue weighted by Gasteiger charge is -2.35. The van der Waals surface area contributed by atoms with Crippen LogP contribution >= 0.6 is 0 Å². The van der Waals surface area contributed by atoms with Crippen LogP contribution in [0.4, 0.5) is 0 Å². The normalized spacial score (nSPS) is 12.3. The molecule has 3 N–H and O–H groups in total. The third-order valence-corrected chi connectivity index (χ3v) is 3.37. The Morgan fingerprint density at radius 2 is 1.72 bits per heavy atom. The predicted octanol–water partition coefficient (Wildman–Crippen LogP) is 2.28. The first-order valence-corrected chi connectivity index (χ1v) is 6.74. The van der Waals surface area contributed by atoms with E-state index in [0.717, 1.165) is 25.7 Å². The van der Waals surface area contributed by atoms with Crippen molar-refractivity contribution >= 4 is 11.8 Å². The summed E-state index contributed by atoms with van der Waals surface area (Å²) in [5.74, 6) is -0.882. The number of hydrogen-bond donors (Lipinski definition) is 2. The van der Waals surface area contributed by atoms with E-state index in [1.54, 1.807) is 0 Å². The van der Waals surface area contributed by atoms with E-state index in [0.29, 0.717) is 0 Å². The van der Waals surface area contributed by atoms with Gasteiger partial charge in [-0.25, -0.2) is 0 Å². The number of carbonyl (C=O) groups is 2. The molecule has 0 aliphatic rings. The SMILES string of the molecule is CCC=C(CC)C(CC)(CC)NC(=O)CC(N)=O. The molecule has 2 amide bonds. The van der Waals surface area contributed by atoms with Gasteiger partial charge in [-0.3, -0.25) is 9.59 Å². The van der Waals surface area contributed by atoms with Crippen LogP contribution < -0.4 is 11.1 Å². The Morgan fingerprint density at radius 3 is 2.06 bits per heavy atom. The first-order chi connectivity index (χ1) is 8.45. The number of amides is 2. The number of primary amides is 1. The molecule has 4 nitrogen and oxygen atoms in total. The van der Waals surface area contributed by atoms with Gasteiger partial charge in [-0.05, 0) is 31.3 Å². The summed E-state index contributed by atoms with van der Waals surface area (Å²) >= 11 is 0. The van der Waals surface area contributed by atoms with Crippen LogP contribution in [0.25, 0.3) is 0 Å². The van der Waals surface area contributed by atoms with Gasteiger partial charge in [-0.1, -0.05) is 33.8 Å². The lowest BCUT2D eigenvalue weighted by Crippen LogP contribution is -2.49. The van der Waals surface area contributed by atoms with E-state index in [1.165, 1.54) is 5.57 Å². The zero-order valence-electron chi connectivity index (χ0n) is 12.0. The lowest BCUT2D eigenvalue weighted by molar-refractivity contribution is -0.128. The van der Waals surface area contributed by atoms with Crippen LogP contribution in [0, 0.1) is 0 Å². The molecule has 0 radical (unpaired) electrons. The minimum Gasteiger partial charge on any atom is -0.369 e. The van der Waals surface area contributed by atoms with Crippen LogP contribution in [-0.4, -0.2) is 17.4 Å². The van der Waals surface area contributed by atoms with Gasteiger partial charge in [-0.2, -0.15) is 0 Å². The fourth-order valence-electron chi connectivity index (χ4n) is 2.35. The molecule has 0 saturated carbocycles. The van der Waals surface area contributed by atoms with Crippen LogP contribution in [0.1, 0.15) is 59.8 Å². The lowest BCUT2D eigenvalue weighted by atomic mass is 9.82. The standard InChI is InChI=1S/C14H26N2O2/c1-5-9-11(6-2)14(7-3,8-4)16-13(18)10-12(15)17/h9H,5-8,10H2,1-4H3,(H2,15,17)(H,16,18). The van der Waals surface area contributed by atoms with Gasteiger partial charge in [0.15, 0.2) is 0 Å². The second kappa shape index (κ2) is 7.90. The molecule has 18 heavy (non-hydrogen) atoms.